The van der Waals surface area contributed by atoms with E-state index in [1.54, 1.807) is 12.1 Å². The Hall–Kier alpha value is -0.660. The summed E-state index contributed by atoms with van der Waals surface area (Å²) in [6, 6.07) is 3.21. The number of carbonyl (C=O) groups is 2. The van der Waals surface area contributed by atoms with Gasteiger partial charge in [-0.25, -0.2) is 0 Å². The Morgan fingerprint density at radius 2 is 1.71 bits per heavy atom. The van der Waals surface area contributed by atoms with Gasteiger partial charge in [0.1, 0.15) is 5.75 Å². The van der Waals surface area contributed by atoms with Gasteiger partial charge in [-0.15, -0.1) is 0 Å². The summed E-state index contributed by atoms with van der Waals surface area (Å²) < 4.78 is 1.22. The lowest BCUT2D eigenvalue weighted by molar-refractivity contribution is -0.123. The molecule has 0 spiro atoms. The molecule has 0 fully saturated rings. The van der Waals surface area contributed by atoms with Crippen LogP contribution in [0.2, 0.25) is 0 Å². The van der Waals surface area contributed by atoms with Crippen molar-refractivity contribution in [2.24, 2.45) is 0 Å². The number of phenolic OH excluding ortho intramolecular Hbond substituents is 1. The summed E-state index contributed by atoms with van der Waals surface area (Å²) in [7, 11) is 0. The molecule has 0 atom stereocenters. The van der Waals surface area contributed by atoms with Crippen LogP contribution in [0.15, 0.2) is 25.6 Å². The van der Waals surface area contributed by atoms with Gasteiger partial charge in [-0.2, -0.15) is 0 Å². The van der Waals surface area contributed by atoms with Gasteiger partial charge >= 0.3 is 0 Å². The largest absolute Gasteiger partial charge is 0.506 e. The summed E-state index contributed by atoms with van der Waals surface area (Å²) in [5.41, 5.74) is 0.399. The van der Waals surface area contributed by atoms with Crippen LogP contribution in [-0.4, -0.2) is 16.9 Å². The summed E-state index contributed by atoms with van der Waals surface area (Å²) in [5.74, 6) is -1.15. The van der Waals surface area contributed by atoms with E-state index >= 15 is 0 Å². The normalized spacial score (nSPS) is 15.5. The molecular weight excluding hydrogens is 422 g/mol. The first-order valence-corrected chi connectivity index (χ1v) is 6.73. The average molecular weight is 426 g/mol. The van der Waals surface area contributed by atoms with E-state index in [-0.39, 0.29) is 21.4 Å². The first-order valence-electron chi connectivity index (χ1n) is 4.35. The zero-order valence-corrected chi connectivity index (χ0v) is 12.8. The minimum atomic E-state index is -0.540. The van der Waals surface area contributed by atoms with Gasteiger partial charge in [0, 0.05) is 10.0 Å². The van der Waals surface area contributed by atoms with E-state index in [9.17, 15) is 14.7 Å². The molecular formula is C10H4Br3NO3. The number of amides is 2. The molecule has 0 saturated carbocycles. The van der Waals surface area contributed by atoms with Crippen molar-refractivity contribution in [2.45, 2.75) is 0 Å². The van der Waals surface area contributed by atoms with Gasteiger partial charge in [0.05, 0.1) is 14.5 Å². The highest BCUT2D eigenvalue weighted by atomic mass is 79.9. The lowest BCUT2D eigenvalue weighted by atomic mass is 10.1. The SMILES string of the molecule is O=C1NC(=O)C(c2cc(Br)cc(Br)c2O)=C1Br. The smallest absolute Gasteiger partial charge is 0.265 e. The Morgan fingerprint density at radius 1 is 1.06 bits per heavy atom. The molecule has 7 heteroatoms. The van der Waals surface area contributed by atoms with Gasteiger partial charge in [0.25, 0.3) is 11.8 Å². The average Bonchev–Trinajstić information content (AvgIpc) is 2.48. The van der Waals surface area contributed by atoms with E-state index in [1.807, 2.05) is 0 Å². The van der Waals surface area contributed by atoms with Gasteiger partial charge in [0.15, 0.2) is 0 Å². The van der Waals surface area contributed by atoms with E-state index < -0.39 is 11.8 Å². The fourth-order valence-corrected chi connectivity index (χ4v) is 3.15. The zero-order chi connectivity index (χ0) is 12.7. The highest BCUT2D eigenvalue weighted by Gasteiger charge is 2.31. The summed E-state index contributed by atoms with van der Waals surface area (Å²) in [4.78, 5) is 22.9. The molecule has 0 radical (unpaired) electrons. The molecule has 1 heterocycles. The zero-order valence-electron chi connectivity index (χ0n) is 8.05. The second-order valence-corrected chi connectivity index (χ2v) is 5.82. The maximum Gasteiger partial charge on any atom is 0.265 e. The summed E-state index contributed by atoms with van der Waals surface area (Å²) in [6.45, 7) is 0. The number of nitrogens with one attached hydrogen (secondary N) is 1. The van der Waals surface area contributed by atoms with Crippen LogP contribution in [-0.2, 0) is 9.59 Å². The van der Waals surface area contributed by atoms with Gasteiger partial charge < -0.3 is 5.11 Å². The predicted octanol–water partition coefficient (Wildman–Crippen LogP) is 2.68. The third-order valence-corrected chi connectivity index (χ3v) is 3.99. The van der Waals surface area contributed by atoms with Crippen molar-refractivity contribution in [3.8, 4) is 5.75 Å². The number of hydrogen-bond donors (Lipinski definition) is 2. The number of aromatic hydroxyl groups is 1. The van der Waals surface area contributed by atoms with Crippen molar-refractivity contribution < 1.29 is 14.7 Å². The third kappa shape index (κ3) is 2.19. The fraction of sp³-hybridized carbons (Fsp3) is 0. The number of phenols is 1. The summed E-state index contributed by atoms with van der Waals surface area (Å²) >= 11 is 9.45. The molecule has 2 amide bonds. The quantitative estimate of drug-likeness (QED) is 0.680. The molecule has 88 valence electrons. The Morgan fingerprint density at radius 3 is 2.24 bits per heavy atom. The maximum atomic E-state index is 11.6. The first kappa shape index (κ1) is 12.8. The first-order chi connectivity index (χ1) is 7.91. The lowest BCUT2D eigenvalue weighted by Gasteiger charge is -2.07. The van der Waals surface area contributed by atoms with Crippen molar-refractivity contribution in [1.82, 2.24) is 5.32 Å². The monoisotopic (exact) mass is 423 g/mol. The Labute approximate surface area is 121 Å². The molecule has 1 aliphatic rings. The fourth-order valence-electron chi connectivity index (χ4n) is 1.43. The second-order valence-electron chi connectivity index (χ2n) is 3.26. The van der Waals surface area contributed by atoms with Crippen molar-refractivity contribution in [3.63, 3.8) is 0 Å². The van der Waals surface area contributed by atoms with E-state index in [2.05, 4.69) is 53.1 Å². The molecule has 1 aromatic rings. The van der Waals surface area contributed by atoms with Crippen LogP contribution >= 0.6 is 47.8 Å². The number of carbonyl (C=O) groups excluding carboxylic acids is 2. The van der Waals surface area contributed by atoms with Crippen LogP contribution in [0.25, 0.3) is 5.57 Å². The lowest BCUT2D eigenvalue weighted by Crippen LogP contribution is -2.22. The molecule has 1 aromatic carbocycles. The second kappa shape index (κ2) is 4.55. The van der Waals surface area contributed by atoms with Crippen LogP contribution in [0.4, 0.5) is 0 Å². The Bertz CT molecular complexity index is 580. The molecule has 2 N–H and O–H groups in total. The molecule has 17 heavy (non-hydrogen) atoms. The molecule has 0 unspecified atom stereocenters. The highest BCUT2D eigenvalue weighted by molar-refractivity contribution is 9.12. The van der Waals surface area contributed by atoms with Crippen LogP contribution in [0.3, 0.4) is 0 Å². The predicted molar refractivity (Wildman–Crippen MR) is 72.5 cm³/mol. The standard InChI is InChI=1S/C10H4Br3NO3/c11-3-1-4(8(15)5(12)2-3)6-7(13)10(17)14-9(6)16/h1-2,15H,(H,14,16,17). The molecule has 1 aliphatic heterocycles. The maximum absolute atomic E-state index is 11.6. The summed E-state index contributed by atoms with van der Waals surface area (Å²) in [6.07, 6.45) is 0. The molecule has 0 saturated heterocycles. The third-order valence-electron chi connectivity index (χ3n) is 2.17. The summed E-state index contributed by atoms with van der Waals surface area (Å²) in [5, 5.41) is 12.0. The van der Waals surface area contributed by atoms with Crippen LogP contribution in [0.5, 0.6) is 5.75 Å². The van der Waals surface area contributed by atoms with Crippen LogP contribution in [0.1, 0.15) is 5.56 Å². The van der Waals surface area contributed by atoms with E-state index in [0.717, 1.165) is 0 Å². The van der Waals surface area contributed by atoms with Crippen molar-refractivity contribution in [2.75, 3.05) is 0 Å². The van der Waals surface area contributed by atoms with Crippen molar-refractivity contribution in [1.29, 1.82) is 0 Å². The number of rotatable bonds is 1. The molecule has 0 aromatic heterocycles. The van der Waals surface area contributed by atoms with Crippen molar-refractivity contribution >= 4 is 65.2 Å². The Kier molecular flexibility index (Phi) is 3.42. The van der Waals surface area contributed by atoms with E-state index in [1.165, 1.54) is 0 Å². The molecule has 0 bridgehead atoms. The van der Waals surface area contributed by atoms with E-state index in [4.69, 9.17) is 0 Å². The van der Waals surface area contributed by atoms with Crippen molar-refractivity contribution in [3.05, 3.63) is 31.1 Å². The minimum Gasteiger partial charge on any atom is -0.506 e. The van der Waals surface area contributed by atoms with E-state index in [0.29, 0.717) is 8.95 Å². The number of hydrogen-bond acceptors (Lipinski definition) is 3. The van der Waals surface area contributed by atoms with Gasteiger partial charge in [0.2, 0.25) is 0 Å². The molecule has 0 aliphatic carbocycles. The number of benzene rings is 1. The molecule has 2 rings (SSSR count). The topological polar surface area (TPSA) is 66.4 Å². The minimum absolute atomic E-state index is 0.0926. The number of halogens is 3. The highest BCUT2D eigenvalue weighted by Crippen LogP contribution is 2.39. The number of imide groups is 1. The molecule has 4 nitrogen and oxygen atoms in total. The van der Waals surface area contributed by atoms with Gasteiger partial charge in [-0.05, 0) is 44.0 Å². The van der Waals surface area contributed by atoms with Crippen LogP contribution < -0.4 is 5.32 Å². The Balaban J connectivity index is 2.70. The van der Waals surface area contributed by atoms with Gasteiger partial charge in [-0.3, -0.25) is 14.9 Å². The van der Waals surface area contributed by atoms with Crippen LogP contribution in [0, 0.1) is 0 Å². The van der Waals surface area contributed by atoms with Gasteiger partial charge in [-0.1, -0.05) is 15.9 Å².